The number of β-lactam (4-membered cyclic amide) rings is 1. The van der Waals surface area contributed by atoms with E-state index in [1.54, 1.807) is 18.9 Å². The quantitative estimate of drug-likeness (QED) is 0.256. The normalized spacial score (nSPS) is 22.0. The lowest BCUT2D eigenvalue weighted by Crippen LogP contribution is -2.60. The van der Waals surface area contributed by atoms with Crippen molar-refractivity contribution in [2.75, 3.05) is 24.1 Å². The van der Waals surface area contributed by atoms with E-state index in [0.717, 1.165) is 31.8 Å². The van der Waals surface area contributed by atoms with E-state index in [9.17, 15) is 19.8 Å². The van der Waals surface area contributed by atoms with Crippen LogP contribution in [0.1, 0.15) is 12.5 Å². The van der Waals surface area contributed by atoms with Crippen LogP contribution < -0.4 is 4.31 Å². The van der Waals surface area contributed by atoms with Gasteiger partial charge in [-0.15, -0.1) is 0 Å². The number of ether oxygens (including phenoxy) is 1. The summed E-state index contributed by atoms with van der Waals surface area (Å²) in [6.45, 7) is 5.76. The average molecular weight is 485 g/mol. The second-order valence-corrected chi connectivity index (χ2v) is 10.4. The maximum atomic E-state index is 12.9. The first-order valence-corrected chi connectivity index (χ1v) is 12.4. The third kappa shape index (κ3) is 3.54. The van der Waals surface area contributed by atoms with E-state index in [1.807, 2.05) is 18.2 Å². The van der Waals surface area contributed by atoms with Crippen molar-refractivity contribution in [2.24, 2.45) is 5.92 Å². The molecule has 3 heterocycles. The van der Waals surface area contributed by atoms with Crippen molar-refractivity contribution >= 4 is 52.0 Å². The number of aliphatic hydroxyl groups is 2. The summed E-state index contributed by atoms with van der Waals surface area (Å²) < 4.78 is 7.42. The van der Waals surface area contributed by atoms with E-state index < -0.39 is 18.0 Å². The van der Waals surface area contributed by atoms with Gasteiger partial charge in [-0.3, -0.25) is 9.69 Å². The van der Waals surface area contributed by atoms with Crippen molar-refractivity contribution in [3.05, 3.63) is 59.2 Å². The summed E-state index contributed by atoms with van der Waals surface area (Å²) >= 11 is 3.04. The number of hydrogen-bond donors (Lipinski definition) is 2. The molecular weight excluding hydrogens is 460 g/mol. The summed E-state index contributed by atoms with van der Waals surface area (Å²) in [5.41, 5.74) is 2.39. The van der Waals surface area contributed by atoms with E-state index in [4.69, 9.17) is 4.74 Å². The molecule has 3 unspecified atom stereocenters. The Morgan fingerprint density at radius 2 is 2.15 bits per heavy atom. The number of thioether (sulfide) groups is 1. The molecule has 2 aromatic carbocycles. The van der Waals surface area contributed by atoms with Crippen LogP contribution in [0.15, 0.2) is 58.5 Å². The van der Waals surface area contributed by atoms with Crippen LogP contribution in [0.25, 0.3) is 10.8 Å². The van der Waals surface area contributed by atoms with Gasteiger partial charge in [-0.25, -0.2) is 4.79 Å². The van der Waals surface area contributed by atoms with Gasteiger partial charge >= 0.3 is 5.97 Å². The zero-order valence-corrected chi connectivity index (χ0v) is 19.7. The monoisotopic (exact) mass is 484 g/mol. The molecule has 2 aromatic rings. The highest BCUT2D eigenvalue weighted by Crippen LogP contribution is 2.53. The van der Waals surface area contributed by atoms with Crippen LogP contribution in [0.3, 0.4) is 0 Å². The first kappa shape index (κ1) is 22.3. The number of carbonyl (C=O) groups excluding carboxylic acids is 2. The SMILES string of the molecule is C=CCOC(=O)C1=C(CN2Sc3ccc(CCO)c4cccc2c34)SC2C(C(C)O)C(=O)N12. The Kier molecular flexibility index (Phi) is 5.90. The van der Waals surface area contributed by atoms with Gasteiger partial charge < -0.3 is 19.3 Å². The molecule has 3 atom stereocenters. The van der Waals surface area contributed by atoms with Crippen LogP contribution in [0, 0.1) is 5.92 Å². The van der Waals surface area contributed by atoms with Crippen LogP contribution in [0.4, 0.5) is 5.69 Å². The van der Waals surface area contributed by atoms with E-state index >= 15 is 0 Å². The summed E-state index contributed by atoms with van der Waals surface area (Å²) in [6.07, 6.45) is 1.29. The number of amides is 1. The van der Waals surface area contributed by atoms with E-state index in [-0.39, 0.29) is 30.2 Å². The average Bonchev–Trinajstić information content (AvgIpc) is 3.31. The maximum Gasteiger partial charge on any atom is 0.356 e. The van der Waals surface area contributed by atoms with Crippen LogP contribution in [-0.2, 0) is 20.7 Å². The lowest BCUT2D eigenvalue weighted by atomic mass is 9.92. The molecule has 2 N–H and O–H groups in total. The van der Waals surface area contributed by atoms with Crippen molar-refractivity contribution in [2.45, 2.75) is 29.7 Å². The molecule has 0 spiro atoms. The molecule has 0 aromatic heterocycles. The third-order valence-corrected chi connectivity index (χ3v) is 8.55. The van der Waals surface area contributed by atoms with Crippen LogP contribution in [-0.4, -0.2) is 58.2 Å². The fraction of sp³-hybridized carbons (Fsp3) is 0.333. The van der Waals surface area contributed by atoms with Gasteiger partial charge in [-0.05, 0) is 48.4 Å². The molecule has 9 heteroatoms. The topological polar surface area (TPSA) is 90.3 Å². The minimum absolute atomic E-state index is 0.0592. The Hall–Kier alpha value is -2.46. The second kappa shape index (κ2) is 8.72. The molecule has 0 radical (unpaired) electrons. The van der Waals surface area contributed by atoms with Gasteiger partial charge in [0.15, 0.2) is 0 Å². The fourth-order valence-corrected chi connectivity index (χ4v) is 7.40. The van der Waals surface area contributed by atoms with E-state index in [1.165, 1.54) is 22.7 Å². The Morgan fingerprint density at radius 3 is 2.88 bits per heavy atom. The number of aliphatic hydroxyl groups excluding tert-OH is 2. The van der Waals surface area contributed by atoms with Crippen molar-refractivity contribution in [3.8, 4) is 0 Å². The zero-order valence-electron chi connectivity index (χ0n) is 18.1. The molecule has 7 nitrogen and oxygen atoms in total. The van der Waals surface area contributed by atoms with E-state index in [2.05, 4.69) is 23.0 Å². The molecule has 1 saturated heterocycles. The molecular formula is C24H24N2O5S2. The number of fused-ring (bicyclic) bond motifs is 1. The molecule has 0 saturated carbocycles. The summed E-state index contributed by atoms with van der Waals surface area (Å²) in [5, 5.41) is 21.4. The Balaban J connectivity index is 1.49. The lowest BCUT2D eigenvalue weighted by Gasteiger charge is -2.43. The molecule has 3 aliphatic heterocycles. The number of esters is 1. The predicted molar refractivity (Wildman–Crippen MR) is 130 cm³/mol. The first-order chi connectivity index (χ1) is 16.0. The van der Waals surface area contributed by atoms with Gasteiger partial charge in [0.2, 0.25) is 5.91 Å². The largest absolute Gasteiger partial charge is 0.457 e. The molecule has 0 aliphatic carbocycles. The highest BCUT2D eigenvalue weighted by molar-refractivity contribution is 8.04. The van der Waals surface area contributed by atoms with Gasteiger partial charge in [-0.1, -0.05) is 42.6 Å². The maximum absolute atomic E-state index is 12.9. The van der Waals surface area contributed by atoms with Crippen molar-refractivity contribution in [1.82, 2.24) is 4.90 Å². The predicted octanol–water partition coefficient (Wildman–Crippen LogP) is 3.05. The zero-order chi connectivity index (χ0) is 23.3. The number of carbonyl (C=O) groups is 2. The van der Waals surface area contributed by atoms with Gasteiger partial charge in [-0.2, -0.15) is 0 Å². The standard InChI is InChI=1S/C24H24N2O5S2/c1-3-11-31-24(30)21-18(32-23-19(13(2)28)22(29)26(21)23)12-25-16-6-4-5-15-14(9-10-27)7-8-17(33-25)20(15)16/h3-8,13,19,23,27-28H,1,9-12H2,2H3. The molecule has 1 fully saturated rings. The first-order valence-electron chi connectivity index (χ1n) is 10.8. The van der Waals surface area contributed by atoms with Crippen LogP contribution in [0.5, 0.6) is 0 Å². The Bertz CT molecular complexity index is 1190. The number of benzene rings is 2. The lowest BCUT2D eigenvalue weighted by molar-refractivity contribution is -0.157. The summed E-state index contributed by atoms with van der Waals surface area (Å²) in [5.74, 6) is -1.35. The summed E-state index contributed by atoms with van der Waals surface area (Å²) in [4.78, 5) is 28.9. The van der Waals surface area contributed by atoms with Gasteiger partial charge in [0.1, 0.15) is 17.7 Å². The Morgan fingerprint density at radius 1 is 1.33 bits per heavy atom. The number of nitrogens with zero attached hydrogens (tertiary/aromatic N) is 2. The van der Waals surface area contributed by atoms with Crippen molar-refractivity contribution in [3.63, 3.8) is 0 Å². The van der Waals surface area contributed by atoms with Crippen molar-refractivity contribution < 1.29 is 24.5 Å². The Labute approximate surface area is 200 Å². The third-order valence-electron chi connectivity index (χ3n) is 6.11. The van der Waals surface area contributed by atoms with Gasteiger partial charge in [0.25, 0.3) is 0 Å². The summed E-state index contributed by atoms with van der Waals surface area (Å²) in [7, 11) is 0. The second-order valence-electron chi connectivity index (χ2n) is 8.17. The summed E-state index contributed by atoms with van der Waals surface area (Å²) in [6, 6.07) is 10.2. The molecule has 1 amide bonds. The molecule has 0 bridgehead atoms. The van der Waals surface area contributed by atoms with Crippen LogP contribution in [0.2, 0.25) is 0 Å². The van der Waals surface area contributed by atoms with Crippen molar-refractivity contribution in [1.29, 1.82) is 0 Å². The highest BCUT2D eigenvalue weighted by atomic mass is 32.2. The van der Waals surface area contributed by atoms with Gasteiger partial charge in [0, 0.05) is 21.8 Å². The number of hydrogen-bond acceptors (Lipinski definition) is 8. The molecule has 5 rings (SSSR count). The number of rotatable bonds is 8. The fourth-order valence-electron chi connectivity index (χ4n) is 4.61. The van der Waals surface area contributed by atoms with Gasteiger partial charge in [0.05, 0.1) is 24.3 Å². The smallest absolute Gasteiger partial charge is 0.356 e. The molecule has 3 aliphatic rings. The highest BCUT2D eigenvalue weighted by Gasteiger charge is 2.58. The number of anilines is 1. The van der Waals surface area contributed by atoms with E-state index in [0.29, 0.717) is 13.0 Å². The minimum Gasteiger partial charge on any atom is -0.457 e. The molecule has 172 valence electrons. The minimum atomic E-state index is -0.792. The molecule has 33 heavy (non-hydrogen) atoms. The van der Waals surface area contributed by atoms with Crippen LogP contribution >= 0.6 is 23.7 Å².